The molecule has 0 aliphatic heterocycles. The van der Waals surface area contributed by atoms with Crippen molar-refractivity contribution < 1.29 is 13.2 Å². The number of nitrogens with one attached hydrogen (secondary N) is 1. The van der Waals surface area contributed by atoms with Crippen LogP contribution >= 0.6 is 62.3 Å². The fraction of sp³-hybridized carbons (Fsp3) is 0.136. The van der Waals surface area contributed by atoms with Crippen molar-refractivity contribution in [3.05, 3.63) is 96.4 Å². The van der Waals surface area contributed by atoms with Crippen LogP contribution in [0.3, 0.4) is 0 Å². The molecule has 0 radical (unpaired) electrons. The summed E-state index contributed by atoms with van der Waals surface area (Å²) < 4.78 is 28.5. The molecule has 5 nitrogen and oxygen atoms in total. The lowest BCUT2D eigenvalue weighted by Crippen LogP contribution is -2.40. The first-order chi connectivity index (χ1) is 15.6. The highest BCUT2D eigenvalue weighted by Crippen LogP contribution is 2.26. The third-order valence-electron chi connectivity index (χ3n) is 4.62. The molecule has 0 aliphatic rings. The van der Waals surface area contributed by atoms with Crippen LogP contribution in [0, 0.1) is 0 Å². The molecule has 3 rings (SSSR count). The number of benzene rings is 3. The number of sulfonamides is 1. The van der Waals surface area contributed by atoms with Gasteiger partial charge in [0.05, 0.1) is 11.4 Å². The molecule has 3 aromatic carbocycles. The maximum Gasteiger partial charge on any atom is 0.243 e. The topological polar surface area (TPSA) is 66.5 Å². The molecule has 1 N–H and O–H groups in total. The summed E-state index contributed by atoms with van der Waals surface area (Å²) in [6.07, 6.45) is 0. The molecule has 0 heterocycles. The molecule has 11 heteroatoms. The van der Waals surface area contributed by atoms with Crippen LogP contribution in [0.2, 0.25) is 20.1 Å². The Bertz CT molecular complexity index is 1270. The monoisotopic (exact) mass is 608 g/mol. The van der Waals surface area contributed by atoms with E-state index in [1.165, 1.54) is 18.2 Å². The van der Waals surface area contributed by atoms with Crippen molar-refractivity contribution in [3.63, 3.8) is 0 Å². The van der Waals surface area contributed by atoms with Crippen LogP contribution in [0.1, 0.15) is 11.1 Å². The van der Waals surface area contributed by atoms with Crippen LogP contribution in [0.15, 0.2) is 70.0 Å². The zero-order chi connectivity index (χ0) is 24.2. The number of hydrogen-bond acceptors (Lipinski definition) is 3. The number of rotatable bonds is 8. The molecule has 33 heavy (non-hydrogen) atoms. The summed E-state index contributed by atoms with van der Waals surface area (Å²) in [6, 6.07) is 15.8. The van der Waals surface area contributed by atoms with Crippen molar-refractivity contribution in [2.75, 3.05) is 6.54 Å². The predicted octanol–water partition coefficient (Wildman–Crippen LogP) is 6.57. The van der Waals surface area contributed by atoms with Gasteiger partial charge in [0.25, 0.3) is 0 Å². The lowest BCUT2D eigenvalue weighted by Gasteiger charge is -2.22. The van der Waals surface area contributed by atoms with Crippen LogP contribution < -0.4 is 5.32 Å². The number of carbonyl (C=O) groups excluding carboxylic acids is 1. The second-order valence-corrected chi connectivity index (χ2v) is 11.5. The van der Waals surface area contributed by atoms with Crippen LogP contribution in [0.25, 0.3) is 0 Å². The van der Waals surface area contributed by atoms with Crippen molar-refractivity contribution in [1.82, 2.24) is 9.62 Å². The van der Waals surface area contributed by atoms with Crippen molar-refractivity contribution in [2.24, 2.45) is 0 Å². The number of carbonyl (C=O) groups is 1. The Balaban J connectivity index is 1.84. The first-order valence-corrected chi connectivity index (χ1v) is 13.2. The molecule has 1 amide bonds. The lowest BCUT2D eigenvalue weighted by molar-refractivity contribution is -0.121. The quantitative estimate of drug-likeness (QED) is 0.314. The Kier molecular flexibility index (Phi) is 9.08. The highest BCUT2D eigenvalue weighted by molar-refractivity contribution is 9.10. The minimum Gasteiger partial charge on any atom is -0.351 e. The van der Waals surface area contributed by atoms with Crippen LogP contribution in [0.4, 0.5) is 0 Å². The van der Waals surface area contributed by atoms with Crippen LogP contribution in [-0.4, -0.2) is 25.2 Å². The second-order valence-electron chi connectivity index (χ2n) is 6.98. The highest BCUT2D eigenvalue weighted by Gasteiger charge is 2.27. The van der Waals surface area contributed by atoms with Gasteiger partial charge in [-0.05, 0) is 59.7 Å². The van der Waals surface area contributed by atoms with E-state index < -0.39 is 22.5 Å². The van der Waals surface area contributed by atoms with E-state index in [1.54, 1.807) is 42.5 Å². The predicted molar refractivity (Wildman–Crippen MR) is 137 cm³/mol. The van der Waals surface area contributed by atoms with Gasteiger partial charge in [0.1, 0.15) is 0 Å². The van der Waals surface area contributed by atoms with E-state index in [0.29, 0.717) is 31.2 Å². The summed E-state index contributed by atoms with van der Waals surface area (Å²) in [4.78, 5) is 12.8. The van der Waals surface area contributed by atoms with Gasteiger partial charge in [-0.3, -0.25) is 4.79 Å². The average molecular weight is 611 g/mol. The minimum absolute atomic E-state index is 0.0457. The Morgan fingerprint density at radius 2 is 1.39 bits per heavy atom. The van der Waals surface area contributed by atoms with E-state index in [9.17, 15) is 13.2 Å². The zero-order valence-corrected chi connectivity index (χ0v) is 22.3. The van der Waals surface area contributed by atoms with E-state index in [4.69, 9.17) is 46.4 Å². The standard InChI is InChI=1S/C22H17BrCl4N2O3S/c23-16-3-7-19(8-4-16)33(31,32)29(12-15-2-6-18(25)10-21(15)27)13-22(30)28-11-14-1-5-17(24)9-20(14)26/h1-10H,11-13H2,(H,28,30). The largest absolute Gasteiger partial charge is 0.351 e. The third-order valence-corrected chi connectivity index (χ3v) is 8.13. The Morgan fingerprint density at radius 3 is 1.94 bits per heavy atom. The first kappa shape index (κ1) is 26.3. The summed E-state index contributed by atoms with van der Waals surface area (Å²) in [5, 5.41) is 4.29. The van der Waals surface area contributed by atoms with Gasteiger partial charge in [0, 0.05) is 37.7 Å². The Hall–Kier alpha value is -1.32. The van der Waals surface area contributed by atoms with Crippen molar-refractivity contribution >= 4 is 78.3 Å². The summed E-state index contributed by atoms with van der Waals surface area (Å²) >= 11 is 27.6. The third kappa shape index (κ3) is 7.09. The van der Waals surface area contributed by atoms with Crippen molar-refractivity contribution in [1.29, 1.82) is 0 Å². The van der Waals surface area contributed by atoms with E-state index in [-0.39, 0.29) is 18.0 Å². The van der Waals surface area contributed by atoms with Gasteiger partial charge in [0.2, 0.25) is 15.9 Å². The summed E-state index contributed by atoms with van der Waals surface area (Å²) in [5.41, 5.74) is 1.16. The molecule has 0 spiro atoms. The molecule has 0 saturated heterocycles. The molecule has 174 valence electrons. The zero-order valence-electron chi connectivity index (χ0n) is 16.9. The van der Waals surface area contributed by atoms with Crippen LogP contribution in [-0.2, 0) is 27.9 Å². The normalized spacial score (nSPS) is 11.6. The SMILES string of the molecule is O=C(CN(Cc1ccc(Cl)cc1Cl)S(=O)(=O)c1ccc(Br)cc1)NCc1ccc(Cl)cc1Cl. The number of halogens is 5. The van der Waals surface area contributed by atoms with Gasteiger partial charge < -0.3 is 5.32 Å². The maximum atomic E-state index is 13.4. The van der Waals surface area contributed by atoms with E-state index in [0.717, 1.165) is 8.78 Å². The summed E-state index contributed by atoms with van der Waals surface area (Å²) in [5.74, 6) is -0.508. The molecule has 3 aromatic rings. The highest BCUT2D eigenvalue weighted by atomic mass is 79.9. The van der Waals surface area contributed by atoms with Gasteiger partial charge in [0.15, 0.2) is 0 Å². The molecule has 0 bridgehead atoms. The fourth-order valence-corrected chi connectivity index (χ4v) is 5.48. The first-order valence-electron chi connectivity index (χ1n) is 9.46. The molecule has 0 unspecified atom stereocenters. The molecule has 0 aromatic heterocycles. The second kappa shape index (κ2) is 11.4. The molecule has 0 fully saturated rings. The molecular formula is C22H17BrCl4N2O3S. The molecule has 0 atom stereocenters. The molecule has 0 aliphatic carbocycles. The maximum absolute atomic E-state index is 13.4. The Morgan fingerprint density at radius 1 is 0.848 bits per heavy atom. The van der Waals surface area contributed by atoms with E-state index >= 15 is 0 Å². The molecular weight excluding hydrogens is 594 g/mol. The van der Waals surface area contributed by atoms with Gasteiger partial charge in [-0.15, -0.1) is 0 Å². The van der Waals surface area contributed by atoms with Crippen molar-refractivity contribution in [2.45, 2.75) is 18.0 Å². The molecule has 0 saturated carbocycles. The Labute approximate surface area is 220 Å². The summed E-state index contributed by atoms with van der Waals surface area (Å²) in [7, 11) is -4.02. The number of amides is 1. The summed E-state index contributed by atoms with van der Waals surface area (Å²) in [6.45, 7) is -0.436. The van der Waals surface area contributed by atoms with Crippen LogP contribution in [0.5, 0.6) is 0 Å². The van der Waals surface area contributed by atoms with Gasteiger partial charge in [-0.25, -0.2) is 8.42 Å². The smallest absolute Gasteiger partial charge is 0.243 e. The van der Waals surface area contributed by atoms with Gasteiger partial charge in [-0.2, -0.15) is 4.31 Å². The van der Waals surface area contributed by atoms with E-state index in [2.05, 4.69) is 21.2 Å². The average Bonchev–Trinajstić information content (AvgIpc) is 2.74. The number of nitrogens with zero attached hydrogens (tertiary/aromatic N) is 1. The fourth-order valence-electron chi connectivity index (χ4n) is 2.90. The van der Waals surface area contributed by atoms with E-state index in [1.807, 2.05) is 0 Å². The van der Waals surface area contributed by atoms with Gasteiger partial charge in [-0.1, -0.05) is 74.5 Å². The minimum atomic E-state index is -4.02. The van der Waals surface area contributed by atoms with Crippen molar-refractivity contribution in [3.8, 4) is 0 Å². The number of hydrogen-bond donors (Lipinski definition) is 1. The van der Waals surface area contributed by atoms with Gasteiger partial charge >= 0.3 is 0 Å². The lowest BCUT2D eigenvalue weighted by atomic mass is 10.2.